The van der Waals surface area contributed by atoms with Crippen molar-refractivity contribution >= 4 is 17.5 Å². The molecule has 2 aromatic heterocycles. The average molecular weight is 424 g/mol. The maximum atomic E-state index is 12.7. The molecule has 1 amide bonds. The number of aromatic nitrogens is 3. The van der Waals surface area contributed by atoms with Gasteiger partial charge in [0.2, 0.25) is 11.8 Å². The molecule has 0 aliphatic carbocycles. The third-order valence-electron chi connectivity index (χ3n) is 4.66. The van der Waals surface area contributed by atoms with Gasteiger partial charge in [-0.15, -0.1) is 0 Å². The Bertz CT molecular complexity index is 888. The maximum Gasteiger partial charge on any atom is 0.422 e. The third-order valence-corrected chi connectivity index (χ3v) is 4.66. The highest BCUT2D eigenvalue weighted by Crippen LogP contribution is 2.26. The van der Waals surface area contributed by atoms with Gasteiger partial charge in [-0.3, -0.25) is 4.79 Å². The van der Waals surface area contributed by atoms with Gasteiger partial charge in [0.05, 0.1) is 24.3 Å². The fraction of sp³-hybridized carbons (Fsp3) is 0.444. The standard InChI is InChI=1S/C18H19F3N6O3/c19-18(20,21)10-29-15-2-1-13(7-23-15)30-14-3-4-27(16(14)28)12-5-24-17(25-6-12)26-8-11(22)9-26/h1-2,5-7,11,14H,3-4,8-10,22H2/t14-/m1/s1. The van der Waals surface area contributed by atoms with E-state index in [1.807, 2.05) is 4.90 Å². The summed E-state index contributed by atoms with van der Waals surface area (Å²) in [5.41, 5.74) is 6.32. The summed E-state index contributed by atoms with van der Waals surface area (Å²) in [7, 11) is 0. The van der Waals surface area contributed by atoms with Crippen molar-refractivity contribution in [3.63, 3.8) is 0 Å². The molecule has 0 spiro atoms. The lowest BCUT2D eigenvalue weighted by molar-refractivity contribution is -0.154. The zero-order chi connectivity index (χ0) is 21.3. The number of anilines is 2. The Morgan fingerprint density at radius 2 is 1.87 bits per heavy atom. The Labute approximate surface area is 169 Å². The first-order valence-corrected chi connectivity index (χ1v) is 9.25. The van der Waals surface area contributed by atoms with Gasteiger partial charge in [-0.25, -0.2) is 15.0 Å². The first kappa shape index (κ1) is 20.1. The fourth-order valence-corrected chi connectivity index (χ4v) is 3.15. The molecule has 2 aromatic rings. The van der Waals surface area contributed by atoms with Crippen LogP contribution in [-0.4, -0.2) is 65.4 Å². The fourth-order valence-electron chi connectivity index (χ4n) is 3.15. The number of ether oxygens (including phenoxy) is 2. The van der Waals surface area contributed by atoms with Crippen molar-refractivity contribution in [1.82, 2.24) is 15.0 Å². The Balaban J connectivity index is 1.33. The first-order chi connectivity index (χ1) is 14.3. The SMILES string of the molecule is NC1CN(c2ncc(N3CC[C@@H](Oc4ccc(OCC(F)(F)F)nc4)C3=O)cn2)C1. The lowest BCUT2D eigenvalue weighted by atomic mass is 10.1. The molecular formula is C18H19F3N6O3. The molecule has 12 heteroatoms. The highest BCUT2D eigenvalue weighted by molar-refractivity contribution is 5.98. The number of carbonyl (C=O) groups is 1. The highest BCUT2D eigenvalue weighted by atomic mass is 19.4. The molecule has 1 atom stereocenters. The number of nitrogens with zero attached hydrogens (tertiary/aromatic N) is 5. The first-order valence-electron chi connectivity index (χ1n) is 9.25. The van der Waals surface area contributed by atoms with Crippen LogP contribution in [0.1, 0.15) is 6.42 Å². The molecule has 0 saturated carbocycles. The largest absolute Gasteiger partial charge is 0.479 e. The van der Waals surface area contributed by atoms with Crippen LogP contribution in [0.5, 0.6) is 11.6 Å². The van der Waals surface area contributed by atoms with Crippen molar-refractivity contribution in [2.45, 2.75) is 24.7 Å². The lowest BCUT2D eigenvalue weighted by Crippen LogP contribution is -2.56. The van der Waals surface area contributed by atoms with Gasteiger partial charge in [-0.2, -0.15) is 13.2 Å². The summed E-state index contributed by atoms with van der Waals surface area (Å²) in [5, 5.41) is 0. The summed E-state index contributed by atoms with van der Waals surface area (Å²) < 4.78 is 46.7. The molecule has 4 rings (SSSR count). The number of halogens is 3. The van der Waals surface area contributed by atoms with E-state index in [0.717, 1.165) is 0 Å². The number of hydrogen-bond donors (Lipinski definition) is 1. The predicted molar refractivity (Wildman–Crippen MR) is 99.4 cm³/mol. The zero-order valence-electron chi connectivity index (χ0n) is 15.7. The zero-order valence-corrected chi connectivity index (χ0v) is 15.7. The van der Waals surface area contributed by atoms with Gasteiger partial charge in [0.15, 0.2) is 12.7 Å². The summed E-state index contributed by atoms with van der Waals surface area (Å²) in [5.74, 6) is 0.392. The minimum Gasteiger partial charge on any atom is -0.479 e. The van der Waals surface area contributed by atoms with Crippen molar-refractivity contribution in [1.29, 1.82) is 0 Å². The molecule has 0 aromatic carbocycles. The number of rotatable bonds is 6. The molecule has 4 heterocycles. The van der Waals surface area contributed by atoms with E-state index in [4.69, 9.17) is 10.5 Å². The van der Waals surface area contributed by atoms with Gasteiger partial charge in [0.25, 0.3) is 5.91 Å². The maximum absolute atomic E-state index is 12.7. The minimum atomic E-state index is -4.44. The van der Waals surface area contributed by atoms with E-state index in [1.165, 1.54) is 23.2 Å². The number of amides is 1. The summed E-state index contributed by atoms with van der Waals surface area (Å²) in [6.45, 7) is 0.403. The van der Waals surface area contributed by atoms with Crippen LogP contribution in [0.25, 0.3) is 0 Å². The van der Waals surface area contributed by atoms with E-state index in [-0.39, 0.29) is 23.6 Å². The van der Waals surface area contributed by atoms with Crippen LogP contribution >= 0.6 is 0 Å². The average Bonchev–Trinajstić information content (AvgIpc) is 3.05. The minimum absolute atomic E-state index is 0.131. The van der Waals surface area contributed by atoms with Crippen molar-refractivity contribution in [2.24, 2.45) is 5.73 Å². The van der Waals surface area contributed by atoms with Gasteiger partial charge >= 0.3 is 6.18 Å². The Morgan fingerprint density at radius 1 is 1.13 bits per heavy atom. The smallest absolute Gasteiger partial charge is 0.422 e. The van der Waals surface area contributed by atoms with E-state index in [9.17, 15) is 18.0 Å². The molecule has 2 aliphatic rings. The van der Waals surface area contributed by atoms with Gasteiger partial charge in [-0.1, -0.05) is 0 Å². The monoisotopic (exact) mass is 424 g/mol. The molecule has 0 bridgehead atoms. The molecule has 30 heavy (non-hydrogen) atoms. The topological polar surface area (TPSA) is 107 Å². The molecule has 2 fully saturated rings. The number of pyridine rings is 1. The van der Waals surface area contributed by atoms with Gasteiger partial charge in [-0.05, 0) is 6.07 Å². The van der Waals surface area contributed by atoms with Crippen molar-refractivity contribution in [3.8, 4) is 11.6 Å². The molecule has 2 saturated heterocycles. The molecule has 0 radical (unpaired) electrons. The van der Waals surface area contributed by atoms with Crippen LogP contribution in [0.2, 0.25) is 0 Å². The number of alkyl halides is 3. The molecular weight excluding hydrogens is 405 g/mol. The van der Waals surface area contributed by atoms with E-state index in [0.29, 0.717) is 37.7 Å². The van der Waals surface area contributed by atoms with Crippen molar-refractivity contribution < 1.29 is 27.4 Å². The second-order valence-electron chi connectivity index (χ2n) is 7.03. The molecule has 2 N–H and O–H groups in total. The summed E-state index contributed by atoms with van der Waals surface area (Å²) >= 11 is 0. The summed E-state index contributed by atoms with van der Waals surface area (Å²) in [6.07, 6.45) is -0.352. The van der Waals surface area contributed by atoms with E-state index in [1.54, 1.807) is 12.4 Å². The molecule has 2 aliphatic heterocycles. The van der Waals surface area contributed by atoms with Crippen LogP contribution in [0.15, 0.2) is 30.7 Å². The lowest BCUT2D eigenvalue weighted by Gasteiger charge is -2.36. The van der Waals surface area contributed by atoms with E-state index in [2.05, 4.69) is 19.7 Å². The number of hydrogen-bond acceptors (Lipinski definition) is 8. The van der Waals surface area contributed by atoms with E-state index < -0.39 is 18.9 Å². The molecule has 0 unspecified atom stereocenters. The summed E-state index contributed by atoms with van der Waals surface area (Å²) in [6, 6.07) is 2.79. The Morgan fingerprint density at radius 3 is 2.47 bits per heavy atom. The van der Waals surface area contributed by atoms with Crippen LogP contribution in [0, 0.1) is 0 Å². The van der Waals surface area contributed by atoms with Gasteiger partial charge in [0.1, 0.15) is 5.75 Å². The quantitative estimate of drug-likeness (QED) is 0.736. The Hall–Kier alpha value is -3.15. The van der Waals surface area contributed by atoms with Gasteiger partial charge < -0.3 is 25.0 Å². The van der Waals surface area contributed by atoms with Crippen molar-refractivity contribution in [2.75, 3.05) is 36.0 Å². The third kappa shape index (κ3) is 4.53. The second kappa shape index (κ2) is 7.94. The van der Waals surface area contributed by atoms with Crippen LogP contribution in [0.3, 0.4) is 0 Å². The number of carbonyl (C=O) groups excluding carboxylic acids is 1. The summed E-state index contributed by atoms with van der Waals surface area (Å²) in [4.78, 5) is 28.5. The molecule has 160 valence electrons. The van der Waals surface area contributed by atoms with Crippen LogP contribution < -0.4 is 25.0 Å². The predicted octanol–water partition coefficient (Wildman–Crippen LogP) is 1.14. The second-order valence-corrected chi connectivity index (χ2v) is 7.03. The van der Waals surface area contributed by atoms with E-state index >= 15 is 0 Å². The highest BCUT2D eigenvalue weighted by Gasteiger charge is 2.35. The Kier molecular flexibility index (Phi) is 5.33. The van der Waals surface area contributed by atoms with Gasteiger partial charge in [0, 0.05) is 38.2 Å². The van der Waals surface area contributed by atoms with Crippen LogP contribution in [-0.2, 0) is 4.79 Å². The normalized spacial score (nSPS) is 19.7. The van der Waals surface area contributed by atoms with Crippen LogP contribution in [0.4, 0.5) is 24.8 Å². The molecule has 9 nitrogen and oxygen atoms in total. The van der Waals surface area contributed by atoms with Crippen molar-refractivity contribution in [3.05, 3.63) is 30.7 Å². The number of nitrogens with two attached hydrogens (primary N) is 1.